The van der Waals surface area contributed by atoms with Crippen molar-refractivity contribution in [2.75, 3.05) is 6.61 Å². The highest BCUT2D eigenvalue weighted by atomic mass is 16.7. The lowest BCUT2D eigenvalue weighted by atomic mass is 9.92. The zero-order chi connectivity index (χ0) is 29.0. The second kappa shape index (κ2) is 14.5. The molecule has 0 amide bonds. The fourth-order valence-corrected chi connectivity index (χ4v) is 4.94. The molecule has 1 fully saturated rings. The third-order valence-electron chi connectivity index (χ3n) is 7.03. The van der Waals surface area contributed by atoms with Gasteiger partial charge in [0.15, 0.2) is 5.79 Å². The highest BCUT2D eigenvalue weighted by molar-refractivity contribution is 5.16. The van der Waals surface area contributed by atoms with E-state index in [0.717, 1.165) is 22.3 Å². The first-order valence-electron chi connectivity index (χ1n) is 14.6. The highest BCUT2D eigenvalue weighted by Crippen LogP contribution is 2.35. The predicted molar refractivity (Wildman–Crippen MR) is 157 cm³/mol. The van der Waals surface area contributed by atoms with Gasteiger partial charge in [-0.2, -0.15) is 0 Å². The van der Waals surface area contributed by atoms with E-state index < -0.39 is 37.1 Å². The molecule has 5 atom stereocenters. The van der Waals surface area contributed by atoms with Gasteiger partial charge in [0.25, 0.3) is 0 Å². The van der Waals surface area contributed by atoms with Gasteiger partial charge in [-0.15, -0.1) is 0 Å². The molecule has 0 radical (unpaired) electrons. The summed E-state index contributed by atoms with van der Waals surface area (Å²) in [5.74, 6) is -1.94. The van der Waals surface area contributed by atoms with Crippen LogP contribution in [0.1, 0.15) is 30.5 Å². The maximum Gasteiger partial charge on any atom is 0.192 e. The summed E-state index contributed by atoms with van der Waals surface area (Å²) >= 11 is 0. The summed E-state index contributed by atoms with van der Waals surface area (Å²) in [5.41, 5.74) is 3.92. The number of hydrogen-bond acceptors (Lipinski definition) is 6. The summed E-state index contributed by atoms with van der Waals surface area (Å²) in [7, 11) is 0. The van der Waals surface area contributed by atoms with Gasteiger partial charge in [-0.05, 0) is 29.2 Å². The Morgan fingerprint density at radius 3 is 1.49 bits per heavy atom. The molecule has 4 aromatic carbocycles. The molecule has 0 aliphatic carbocycles. The van der Waals surface area contributed by atoms with Gasteiger partial charge < -0.3 is 28.8 Å². The third kappa shape index (κ3) is 8.33. The Hall–Kier alpha value is -3.36. The molecule has 4 aromatic rings. The van der Waals surface area contributed by atoms with Gasteiger partial charge in [0, 0.05) is 1.37 Å². The van der Waals surface area contributed by atoms with E-state index in [4.69, 9.17) is 25.1 Å². The Balaban J connectivity index is 1.42. The van der Waals surface area contributed by atoms with Crippen LogP contribution < -0.4 is 0 Å². The molecule has 1 saturated heterocycles. The quantitative estimate of drug-likeness (QED) is 0.216. The molecular formula is C35H38O6. The Morgan fingerprint density at radius 1 is 0.610 bits per heavy atom. The van der Waals surface area contributed by atoms with Crippen molar-refractivity contribution in [1.82, 2.24) is 0 Å². The van der Waals surface area contributed by atoms with E-state index in [-0.39, 0.29) is 19.8 Å². The van der Waals surface area contributed by atoms with E-state index in [0.29, 0.717) is 13.2 Å². The zero-order valence-electron chi connectivity index (χ0n) is 24.1. The van der Waals surface area contributed by atoms with Gasteiger partial charge in [0.1, 0.15) is 24.4 Å². The highest BCUT2D eigenvalue weighted by Gasteiger charge is 2.54. The minimum absolute atomic E-state index is 0.132. The van der Waals surface area contributed by atoms with Crippen molar-refractivity contribution < 1.29 is 30.2 Å². The Kier molecular flexibility index (Phi) is 9.83. The van der Waals surface area contributed by atoms with Crippen LogP contribution in [0.15, 0.2) is 121 Å². The number of aliphatic hydroxyl groups is 1. The molecule has 1 N–H and O–H groups in total. The first-order chi connectivity index (χ1) is 20.6. The van der Waals surface area contributed by atoms with E-state index in [1.54, 1.807) is 0 Å². The number of hydrogen-bond donors (Lipinski definition) is 1. The van der Waals surface area contributed by atoms with Crippen LogP contribution in [0.2, 0.25) is 0 Å². The lowest BCUT2D eigenvalue weighted by Crippen LogP contribution is -2.66. The van der Waals surface area contributed by atoms with Gasteiger partial charge >= 0.3 is 0 Å². The van der Waals surface area contributed by atoms with E-state index in [2.05, 4.69) is 0 Å². The summed E-state index contributed by atoms with van der Waals surface area (Å²) in [6, 6.07) is 39.3. The molecule has 214 valence electrons. The fraction of sp³-hybridized carbons (Fsp3) is 0.314. The molecule has 0 aromatic heterocycles. The second-order valence-electron chi connectivity index (χ2n) is 10.2. The van der Waals surface area contributed by atoms with Crippen LogP contribution in [0, 0.1) is 0 Å². The van der Waals surface area contributed by atoms with Crippen LogP contribution in [-0.4, -0.2) is 41.9 Å². The molecule has 6 heteroatoms. The molecule has 6 nitrogen and oxygen atoms in total. The summed E-state index contributed by atoms with van der Waals surface area (Å²) in [6.45, 7) is 0.844. The Bertz CT molecular complexity index is 1310. The van der Waals surface area contributed by atoms with E-state index in [1.165, 1.54) is 0 Å². The van der Waals surface area contributed by atoms with Gasteiger partial charge in [-0.1, -0.05) is 121 Å². The standard InChI is InChI=1S/C35H38O6/c1-35(36)34(40-25-30-20-12-5-13-21-30)33(39-24-29-18-10-4-11-19-29)32(38-23-28-16-8-3-9-17-28)31(41-35)26-37-22-27-14-6-2-7-15-27/h2-21,31-34,36H,22-26H2,1H3/t31-,32-,33+,34-,35?/m1/s1/i1D. The number of benzene rings is 4. The van der Waals surface area contributed by atoms with Gasteiger partial charge in [-0.3, -0.25) is 0 Å². The van der Waals surface area contributed by atoms with E-state index >= 15 is 0 Å². The predicted octanol–water partition coefficient (Wildman–Crippen LogP) is 6.07. The summed E-state index contributed by atoms with van der Waals surface area (Å²) < 4.78 is 40.0. The van der Waals surface area contributed by atoms with Crippen molar-refractivity contribution in [3.05, 3.63) is 144 Å². The van der Waals surface area contributed by atoms with Crippen molar-refractivity contribution in [3.63, 3.8) is 0 Å². The second-order valence-corrected chi connectivity index (χ2v) is 10.2. The Labute approximate surface area is 243 Å². The zero-order valence-corrected chi connectivity index (χ0v) is 23.1. The van der Waals surface area contributed by atoms with Crippen LogP contribution >= 0.6 is 0 Å². The van der Waals surface area contributed by atoms with E-state index in [1.807, 2.05) is 121 Å². The van der Waals surface area contributed by atoms with Gasteiger partial charge in [0.2, 0.25) is 0 Å². The topological polar surface area (TPSA) is 66.4 Å². The average molecular weight is 556 g/mol. The minimum atomic E-state index is -1.94. The lowest BCUT2D eigenvalue weighted by Gasteiger charge is -2.49. The number of rotatable bonds is 13. The minimum Gasteiger partial charge on any atom is -0.374 e. The molecule has 1 aliphatic rings. The SMILES string of the molecule is [2H]CC1(O)O[C@H](COCc2ccccc2)[C@@H](OCc2ccccc2)[C@H](OCc2ccccc2)[C@H]1OCc1ccccc1. The number of ether oxygens (including phenoxy) is 5. The lowest BCUT2D eigenvalue weighted by molar-refractivity contribution is -0.363. The normalized spacial score (nSPS) is 24.6. The van der Waals surface area contributed by atoms with Crippen molar-refractivity contribution in [2.24, 2.45) is 0 Å². The fourth-order valence-electron chi connectivity index (χ4n) is 4.94. The molecule has 1 aliphatic heterocycles. The van der Waals surface area contributed by atoms with E-state index in [9.17, 15) is 5.11 Å². The van der Waals surface area contributed by atoms with Crippen molar-refractivity contribution >= 4 is 0 Å². The average Bonchev–Trinajstić information content (AvgIpc) is 3.05. The van der Waals surface area contributed by atoms with Crippen LogP contribution in [0.3, 0.4) is 0 Å². The van der Waals surface area contributed by atoms with Crippen LogP contribution in [0.25, 0.3) is 0 Å². The summed E-state index contributed by atoms with van der Waals surface area (Å²) in [5, 5.41) is 11.7. The maximum atomic E-state index is 11.7. The molecule has 41 heavy (non-hydrogen) atoms. The first kappa shape index (κ1) is 27.8. The van der Waals surface area contributed by atoms with Crippen molar-refractivity contribution in [2.45, 2.75) is 63.5 Å². The first-order valence-corrected chi connectivity index (χ1v) is 13.9. The van der Waals surface area contributed by atoms with Crippen LogP contribution in [0.5, 0.6) is 0 Å². The maximum absolute atomic E-state index is 11.7. The summed E-state index contributed by atoms with van der Waals surface area (Å²) in [6.07, 6.45) is -3.13. The molecule has 0 bridgehead atoms. The Morgan fingerprint density at radius 2 is 1.02 bits per heavy atom. The van der Waals surface area contributed by atoms with Gasteiger partial charge in [0.05, 0.1) is 33.0 Å². The third-order valence-corrected chi connectivity index (χ3v) is 7.03. The molecule has 5 rings (SSSR count). The van der Waals surface area contributed by atoms with Crippen LogP contribution in [0.4, 0.5) is 0 Å². The molecule has 0 spiro atoms. The smallest absolute Gasteiger partial charge is 0.192 e. The van der Waals surface area contributed by atoms with Crippen molar-refractivity contribution in [1.29, 1.82) is 0 Å². The largest absolute Gasteiger partial charge is 0.374 e. The molecule has 1 unspecified atom stereocenters. The molecular weight excluding hydrogens is 516 g/mol. The van der Waals surface area contributed by atoms with Crippen molar-refractivity contribution in [3.8, 4) is 0 Å². The van der Waals surface area contributed by atoms with Gasteiger partial charge in [-0.25, -0.2) is 0 Å². The molecule has 0 saturated carbocycles. The molecule has 1 heterocycles. The van der Waals surface area contributed by atoms with Crippen LogP contribution in [-0.2, 0) is 50.1 Å². The summed E-state index contributed by atoms with van der Waals surface area (Å²) in [4.78, 5) is 0. The monoisotopic (exact) mass is 555 g/mol.